The average Bonchev–Trinajstić information content (AvgIpc) is 2.21. The zero-order valence-electron chi connectivity index (χ0n) is 9.12. The number of hydrogen-bond donors (Lipinski definition) is 2. The Kier molecular flexibility index (Phi) is 7.14. The monoisotopic (exact) mass is 204 g/mol. The van der Waals surface area contributed by atoms with Crippen molar-refractivity contribution in [3.63, 3.8) is 0 Å². The van der Waals surface area contributed by atoms with Crippen LogP contribution in [-0.4, -0.2) is 56.0 Å². The molecule has 0 bridgehead atoms. The highest BCUT2D eigenvalue weighted by Crippen LogP contribution is 1.94. The van der Waals surface area contributed by atoms with Gasteiger partial charge in [-0.1, -0.05) is 0 Å². The van der Waals surface area contributed by atoms with Crippen LogP contribution in [0.15, 0.2) is 0 Å². The van der Waals surface area contributed by atoms with Crippen molar-refractivity contribution in [2.24, 2.45) is 0 Å². The summed E-state index contributed by atoms with van der Waals surface area (Å²) in [5, 5.41) is 11.6. The van der Waals surface area contributed by atoms with Crippen molar-refractivity contribution < 1.29 is 14.6 Å². The minimum atomic E-state index is -0.164. The van der Waals surface area contributed by atoms with Crippen LogP contribution >= 0.6 is 0 Å². The number of aliphatic hydroxyl groups is 1. The lowest BCUT2D eigenvalue weighted by atomic mass is 10.3. The second-order valence-corrected chi connectivity index (χ2v) is 3.22. The van der Waals surface area contributed by atoms with Crippen LogP contribution in [0, 0.1) is 0 Å². The van der Waals surface area contributed by atoms with E-state index in [0.717, 1.165) is 6.42 Å². The number of rotatable bonds is 6. The van der Waals surface area contributed by atoms with Crippen LogP contribution in [0.25, 0.3) is 0 Å². The summed E-state index contributed by atoms with van der Waals surface area (Å²) in [5.74, 6) is 0. The second kappa shape index (κ2) is 7.58. The first kappa shape index (κ1) is 13.2. The van der Waals surface area contributed by atoms with Gasteiger partial charge in [0.2, 0.25) is 0 Å². The highest BCUT2D eigenvalue weighted by Gasteiger charge is 2.13. The van der Waals surface area contributed by atoms with Crippen molar-refractivity contribution in [3.8, 4) is 0 Å². The van der Waals surface area contributed by atoms with E-state index in [2.05, 4.69) is 5.32 Å². The molecule has 0 fully saturated rings. The first-order valence-electron chi connectivity index (χ1n) is 4.74. The SMILES string of the molecule is COCCCNC(=O)N(C)C(C)CO. The van der Waals surface area contributed by atoms with Crippen LogP contribution in [-0.2, 0) is 4.74 Å². The van der Waals surface area contributed by atoms with Crippen molar-refractivity contribution >= 4 is 6.03 Å². The average molecular weight is 204 g/mol. The number of ether oxygens (including phenoxy) is 1. The van der Waals surface area contributed by atoms with E-state index in [4.69, 9.17) is 9.84 Å². The normalized spacial score (nSPS) is 12.3. The molecule has 0 heterocycles. The standard InChI is InChI=1S/C9H20N2O3/c1-8(7-12)11(2)9(13)10-5-4-6-14-3/h8,12H,4-7H2,1-3H3,(H,10,13). The zero-order chi connectivity index (χ0) is 11.0. The number of hydrogen-bond acceptors (Lipinski definition) is 3. The topological polar surface area (TPSA) is 61.8 Å². The third kappa shape index (κ3) is 5.04. The molecule has 0 aromatic carbocycles. The van der Waals surface area contributed by atoms with Gasteiger partial charge in [0.1, 0.15) is 0 Å². The number of likely N-dealkylation sites (N-methyl/N-ethyl adjacent to an activating group) is 1. The second-order valence-electron chi connectivity index (χ2n) is 3.22. The minimum absolute atomic E-state index is 0.0258. The molecule has 0 rings (SSSR count). The van der Waals surface area contributed by atoms with E-state index in [1.54, 1.807) is 21.1 Å². The maximum atomic E-state index is 11.4. The summed E-state index contributed by atoms with van der Waals surface area (Å²) in [5.41, 5.74) is 0. The fourth-order valence-electron chi connectivity index (χ4n) is 0.859. The van der Waals surface area contributed by atoms with Gasteiger partial charge in [0.15, 0.2) is 0 Å². The summed E-state index contributed by atoms with van der Waals surface area (Å²) in [7, 11) is 3.29. The Balaban J connectivity index is 3.62. The lowest BCUT2D eigenvalue weighted by Gasteiger charge is -2.23. The van der Waals surface area contributed by atoms with Gasteiger partial charge in [-0.25, -0.2) is 4.79 Å². The molecular weight excluding hydrogens is 184 g/mol. The van der Waals surface area contributed by atoms with E-state index < -0.39 is 0 Å². The first-order valence-corrected chi connectivity index (χ1v) is 4.74. The van der Waals surface area contributed by atoms with E-state index in [-0.39, 0.29) is 18.7 Å². The Morgan fingerprint density at radius 3 is 2.79 bits per heavy atom. The molecule has 0 aromatic heterocycles. The van der Waals surface area contributed by atoms with Crippen LogP contribution in [0.1, 0.15) is 13.3 Å². The highest BCUT2D eigenvalue weighted by molar-refractivity contribution is 5.74. The number of carbonyl (C=O) groups excluding carboxylic acids is 1. The van der Waals surface area contributed by atoms with E-state index in [9.17, 15) is 4.79 Å². The molecule has 0 aliphatic heterocycles. The molecule has 0 saturated heterocycles. The molecule has 0 radical (unpaired) electrons. The van der Waals surface area contributed by atoms with Gasteiger partial charge in [0, 0.05) is 27.3 Å². The molecule has 5 heteroatoms. The fourth-order valence-corrected chi connectivity index (χ4v) is 0.859. The Bertz CT molecular complexity index is 164. The summed E-state index contributed by atoms with van der Waals surface area (Å²) in [4.78, 5) is 12.8. The Morgan fingerprint density at radius 2 is 2.29 bits per heavy atom. The summed E-state index contributed by atoms with van der Waals surface area (Å²) in [6.07, 6.45) is 0.795. The number of amides is 2. The quantitative estimate of drug-likeness (QED) is 0.601. The minimum Gasteiger partial charge on any atom is -0.394 e. The van der Waals surface area contributed by atoms with Crippen LogP contribution in [0.3, 0.4) is 0 Å². The molecule has 0 aliphatic rings. The maximum absolute atomic E-state index is 11.4. The number of nitrogens with one attached hydrogen (secondary N) is 1. The molecule has 2 amide bonds. The molecule has 1 unspecified atom stereocenters. The Labute approximate surface area is 85.0 Å². The Morgan fingerprint density at radius 1 is 1.64 bits per heavy atom. The number of urea groups is 1. The van der Waals surface area contributed by atoms with Crippen molar-refractivity contribution in [1.29, 1.82) is 0 Å². The van der Waals surface area contributed by atoms with Crippen LogP contribution in [0.2, 0.25) is 0 Å². The first-order chi connectivity index (χ1) is 6.63. The third-order valence-corrected chi connectivity index (χ3v) is 2.05. The van der Waals surface area contributed by atoms with Gasteiger partial charge in [-0.05, 0) is 13.3 Å². The molecule has 5 nitrogen and oxygen atoms in total. The van der Waals surface area contributed by atoms with Crippen molar-refractivity contribution in [2.45, 2.75) is 19.4 Å². The summed E-state index contributed by atoms with van der Waals surface area (Å²) in [6.45, 7) is 2.99. The van der Waals surface area contributed by atoms with Gasteiger partial charge in [-0.15, -0.1) is 0 Å². The lowest BCUT2D eigenvalue weighted by Crippen LogP contribution is -2.44. The molecule has 0 saturated carbocycles. The largest absolute Gasteiger partial charge is 0.394 e. The van der Waals surface area contributed by atoms with Gasteiger partial charge >= 0.3 is 6.03 Å². The van der Waals surface area contributed by atoms with E-state index in [1.807, 2.05) is 0 Å². The predicted octanol–water partition coefficient (Wildman–Crippen LogP) is 0.0451. The van der Waals surface area contributed by atoms with Crippen molar-refractivity contribution in [2.75, 3.05) is 33.9 Å². The Hall–Kier alpha value is -0.810. The van der Waals surface area contributed by atoms with Crippen molar-refractivity contribution in [3.05, 3.63) is 0 Å². The van der Waals surface area contributed by atoms with Gasteiger partial charge in [-0.3, -0.25) is 0 Å². The number of carbonyl (C=O) groups is 1. The van der Waals surface area contributed by atoms with Gasteiger partial charge < -0.3 is 20.1 Å². The van der Waals surface area contributed by atoms with Crippen LogP contribution < -0.4 is 5.32 Å². The molecule has 14 heavy (non-hydrogen) atoms. The van der Waals surface area contributed by atoms with E-state index in [0.29, 0.717) is 13.2 Å². The molecule has 0 aromatic rings. The summed E-state index contributed by atoms with van der Waals surface area (Å²) in [6, 6.07) is -0.319. The molecule has 84 valence electrons. The smallest absolute Gasteiger partial charge is 0.317 e. The van der Waals surface area contributed by atoms with Gasteiger partial charge in [0.05, 0.1) is 12.6 Å². The molecule has 0 aliphatic carbocycles. The number of aliphatic hydroxyl groups excluding tert-OH is 1. The predicted molar refractivity (Wildman–Crippen MR) is 54.2 cm³/mol. The fraction of sp³-hybridized carbons (Fsp3) is 0.889. The number of methoxy groups -OCH3 is 1. The molecule has 1 atom stereocenters. The van der Waals surface area contributed by atoms with E-state index in [1.165, 1.54) is 4.90 Å². The summed E-state index contributed by atoms with van der Waals surface area (Å²) >= 11 is 0. The van der Waals surface area contributed by atoms with Crippen molar-refractivity contribution in [1.82, 2.24) is 10.2 Å². The van der Waals surface area contributed by atoms with Crippen LogP contribution in [0.4, 0.5) is 4.79 Å². The molecular formula is C9H20N2O3. The van der Waals surface area contributed by atoms with Gasteiger partial charge in [-0.2, -0.15) is 0 Å². The maximum Gasteiger partial charge on any atom is 0.317 e. The van der Waals surface area contributed by atoms with Crippen LogP contribution in [0.5, 0.6) is 0 Å². The number of nitrogens with zero attached hydrogens (tertiary/aromatic N) is 1. The molecule has 0 spiro atoms. The van der Waals surface area contributed by atoms with E-state index >= 15 is 0 Å². The zero-order valence-corrected chi connectivity index (χ0v) is 9.12. The summed E-state index contributed by atoms with van der Waals surface area (Å²) < 4.78 is 4.85. The highest BCUT2D eigenvalue weighted by atomic mass is 16.5. The molecule has 2 N–H and O–H groups in total. The third-order valence-electron chi connectivity index (χ3n) is 2.05. The van der Waals surface area contributed by atoms with Gasteiger partial charge in [0.25, 0.3) is 0 Å². The lowest BCUT2D eigenvalue weighted by molar-refractivity contribution is 0.155.